The highest BCUT2D eigenvalue weighted by molar-refractivity contribution is 5.40. The van der Waals surface area contributed by atoms with E-state index < -0.39 is 0 Å². The van der Waals surface area contributed by atoms with Gasteiger partial charge in [0, 0.05) is 42.3 Å². The molecule has 0 amide bonds. The lowest BCUT2D eigenvalue weighted by atomic mass is 10.1. The number of hydrogen-bond donors (Lipinski definition) is 2. The number of anilines is 1. The highest BCUT2D eigenvalue weighted by atomic mass is 16.5. The normalized spacial score (nSPS) is 19.8. The van der Waals surface area contributed by atoms with Crippen molar-refractivity contribution in [3.8, 4) is 0 Å². The molecule has 0 radical (unpaired) electrons. The third-order valence-corrected chi connectivity index (χ3v) is 3.80. The molecule has 1 fully saturated rings. The van der Waals surface area contributed by atoms with Crippen LogP contribution in [0.2, 0.25) is 0 Å². The molecular weight excluding hydrogens is 266 g/mol. The quantitative estimate of drug-likeness (QED) is 0.896. The van der Waals surface area contributed by atoms with Crippen molar-refractivity contribution in [3.05, 3.63) is 41.0 Å². The Labute approximate surface area is 124 Å². The van der Waals surface area contributed by atoms with Gasteiger partial charge in [-0.05, 0) is 26.0 Å². The van der Waals surface area contributed by atoms with Crippen LogP contribution in [0.15, 0.2) is 18.3 Å². The molecule has 0 aromatic carbocycles. The number of pyridine rings is 1. The SMILES string of the molecule is Cc1cc(N)cc([C@H]2CN(Cc3cn[nH]c3C)CCO2)n1. The number of aryl methyl sites for hydroxylation is 2. The molecule has 0 saturated carbocycles. The number of hydrogen-bond acceptors (Lipinski definition) is 5. The predicted octanol–water partition coefficient (Wildman–Crippen LogP) is 1.58. The van der Waals surface area contributed by atoms with E-state index in [-0.39, 0.29) is 6.10 Å². The smallest absolute Gasteiger partial charge is 0.112 e. The van der Waals surface area contributed by atoms with Gasteiger partial charge >= 0.3 is 0 Å². The van der Waals surface area contributed by atoms with E-state index in [1.54, 1.807) is 0 Å². The largest absolute Gasteiger partial charge is 0.399 e. The van der Waals surface area contributed by atoms with Crippen molar-refractivity contribution in [2.45, 2.75) is 26.5 Å². The van der Waals surface area contributed by atoms with E-state index in [1.807, 2.05) is 32.2 Å². The Morgan fingerprint density at radius 2 is 2.29 bits per heavy atom. The van der Waals surface area contributed by atoms with E-state index in [1.165, 1.54) is 5.56 Å². The first-order valence-electron chi connectivity index (χ1n) is 7.18. The Bertz CT molecular complexity index is 604. The van der Waals surface area contributed by atoms with Gasteiger partial charge in [0.25, 0.3) is 0 Å². The summed E-state index contributed by atoms with van der Waals surface area (Å²) >= 11 is 0. The Balaban J connectivity index is 1.72. The summed E-state index contributed by atoms with van der Waals surface area (Å²) in [5.74, 6) is 0. The first-order chi connectivity index (χ1) is 10.1. The molecule has 1 saturated heterocycles. The van der Waals surface area contributed by atoms with Gasteiger partial charge in [0.15, 0.2) is 0 Å². The van der Waals surface area contributed by atoms with Crippen molar-refractivity contribution in [2.24, 2.45) is 0 Å². The van der Waals surface area contributed by atoms with E-state index in [2.05, 4.69) is 20.1 Å². The van der Waals surface area contributed by atoms with Crippen molar-refractivity contribution < 1.29 is 4.74 Å². The van der Waals surface area contributed by atoms with Gasteiger partial charge in [-0.15, -0.1) is 0 Å². The maximum Gasteiger partial charge on any atom is 0.112 e. The number of nitrogens with two attached hydrogens (primary N) is 1. The molecule has 0 bridgehead atoms. The number of aromatic amines is 1. The van der Waals surface area contributed by atoms with Crippen LogP contribution >= 0.6 is 0 Å². The molecule has 3 heterocycles. The van der Waals surface area contributed by atoms with Crippen LogP contribution in [0, 0.1) is 13.8 Å². The van der Waals surface area contributed by atoms with Crippen LogP contribution in [-0.4, -0.2) is 39.8 Å². The molecule has 0 spiro atoms. The fraction of sp³-hybridized carbons (Fsp3) is 0.467. The average molecular weight is 287 g/mol. The molecule has 1 aliphatic heterocycles. The summed E-state index contributed by atoms with van der Waals surface area (Å²) in [4.78, 5) is 6.92. The highest BCUT2D eigenvalue weighted by Gasteiger charge is 2.24. The van der Waals surface area contributed by atoms with Crippen LogP contribution in [0.5, 0.6) is 0 Å². The van der Waals surface area contributed by atoms with E-state index in [0.717, 1.165) is 42.4 Å². The topological polar surface area (TPSA) is 80.1 Å². The fourth-order valence-electron chi connectivity index (χ4n) is 2.69. The second-order valence-electron chi connectivity index (χ2n) is 5.58. The summed E-state index contributed by atoms with van der Waals surface area (Å²) in [5, 5.41) is 7.06. The zero-order valence-electron chi connectivity index (χ0n) is 12.5. The number of nitrogens with zero attached hydrogens (tertiary/aromatic N) is 3. The Kier molecular flexibility index (Phi) is 3.90. The number of nitrogens with one attached hydrogen (secondary N) is 1. The van der Waals surface area contributed by atoms with Gasteiger partial charge in [0.05, 0.1) is 18.5 Å². The Morgan fingerprint density at radius 1 is 1.43 bits per heavy atom. The molecule has 3 rings (SSSR count). The zero-order valence-corrected chi connectivity index (χ0v) is 12.5. The number of aromatic nitrogens is 3. The van der Waals surface area contributed by atoms with Crippen molar-refractivity contribution >= 4 is 5.69 Å². The van der Waals surface area contributed by atoms with Gasteiger partial charge in [-0.1, -0.05) is 0 Å². The summed E-state index contributed by atoms with van der Waals surface area (Å²) < 4.78 is 5.87. The lowest BCUT2D eigenvalue weighted by molar-refractivity contribution is -0.0350. The van der Waals surface area contributed by atoms with E-state index in [4.69, 9.17) is 10.5 Å². The van der Waals surface area contributed by atoms with Crippen LogP contribution in [0.4, 0.5) is 5.69 Å². The van der Waals surface area contributed by atoms with Gasteiger partial charge in [-0.3, -0.25) is 15.0 Å². The van der Waals surface area contributed by atoms with Gasteiger partial charge in [-0.2, -0.15) is 5.10 Å². The fourth-order valence-corrected chi connectivity index (χ4v) is 2.69. The minimum absolute atomic E-state index is 0.0202. The number of rotatable bonds is 3. The van der Waals surface area contributed by atoms with E-state index in [0.29, 0.717) is 6.61 Å². The second-order valence-corrected chi connectivity index (χ2v) is 5.58. The first-order valence-corrected chi connectivity index (χ1v) is 7.18. The second kappa shape index (κ2) is 5.83. The summed E-state index contributed by atoms with van der Waals surface area (Å²) in [7, 11) is 0. The average Bonchev–Trinajstić information content (AvgIpc) is 2.84. The molecule has 0 unspecified atom stereocenters. The predicted molar refractivity (Wildman–Crippen MR) is 80.7 cm³/mol. The van der Waals surface area contributed by atoms with Crippen molar-refractivity contribution in [3.63, 3.8) is 0 Å². The minimum Gasteiger partial charge on any atom is -0.399 e. The van der Waals surface area contributed by atoms with Gasteiger partial charge in [-0.25, -0.2) is 0 Å². The van der Waals surface area contributed by atoms with Crippen molar-refractivity contribution in [1.82, 2.24) is 20.1 Å². The monoisotopic (exact) mass is 287 g/mol. The minimum atomic E-state index is -0.0202. The summed E-state index contributed by atoms with van der Waals surface area (Å²) in [6.45, 7) is 7.32. The standard InChI is InChI=1S/C15H21N5O/c1-10-5-13(16)6-14(18-10)15-9-20(3-4-21-15)8-12-7-17-19-11(12)2/h5-7,15H,3-4,8-9H2,1-2H3,(H2,16,18)(H,17,19)/t15-/m1/s1. The molecular formula is C15H21N5O. The molecule has 21 heavy (non-hydrogen) atoms. The van der Waals surface area contributed by atoms with E-state index >= 15 is 0 Å². The Hall–Kier alpha value is -1.92. The van der Waals surface area contributed by atoms with Crippen LogP contribution in [0.25, 0.3) is 0 Å². The third kappa shape index (κ3) is 3.22. The lowest BCUT2D eigenvalue weighted by Crippen LogP contribution is -2.38. The van der Waals surface area contributed by atoms with Crippen LogP contribution in [0.1, 0.15) is 28.7 Å². The molecule has 1 aliphatic rings. The van der Waals surface area contributed by atoms with Gasteiger partial charge in [0.2, 0.25) is 0 Å². The lowest BCUT2D eigenvalue weighted by Gasteiger charge is -2.32. The van der Waals surface area contributed by atoms with Crippen LogP contribution in [0.3, 0.4) is 0 Å². The van der Waals surface area contributed by atoms with Crippen LogP contribution in [-0.2, 0) is 11.3 Å². The molecule has 2 aromatic heterocycles. The maximum absolute atomic E-state index is 5.91. The van der Waals surface area contributed by atoms with Gasteiger partial charge < -0.3 is 10.5 Å². The molecule has 2 aromatic rings. The molecule has 112 valence electrons. The van der Waals surface area contributed by atoms with Crippen LogP contribution < -0.4 is 5.73 Å². The zero-order chi connectivity index (χ0) is 14.8. The number of morpholine rings is 1. The molecule has 3 N–H and O–H groups in total. The summed E-state index contributed by atoms with van der Waals surface area (Å²) in [6, 6.07) is 3.78. The summed E-state index contributed by atoms with van der Waals surface area (Å²) in [5.41, 5.74) is 10.8. The molecule has 1 atom stereocenters. The van der Waals surface area contributed by atoms with Crippen molar-refractivity contribution in [2.75, 3.05) is 25.4 Å². The maximum atomic E-state index is 5.91. The molecule has 6 nitrogen and oxygen atoms in total. The van der Waals surface area contributed by atoms with E-state index in [9.17, 15) is 0 Å². The Morgan fingerprint density at radius 3 is 3.00 bits per heavy atom. The number of H-pyrrole nitrogens is 1. The number of ether oxygens (including phenoxy) is 1. The van der Waals surface area contributed by atoms with Gasteiger partial charge in [0.1, 0.15) is 6.10 Å². The molecule has 0 aliphatic carbocycles. The van der Waals surface area contributed by atoms with Crippen molar-refractivity contribution in [1.29, 1.82) is 0 Å². The highest BCUT2D eigenvalue weighted by Crippen LogP contribution is 2.24. The number of nitrogen functional groups attached to an aromatic ring is 1. The third-order valence-electron chi connectivity index (χ3n) is 3.80. The molecule has 6 heteroatoms. The first kappa shape index (κ1) is 14.0. The summed E-state index contributed by atoms with van der Waals surface area (Å²) in [6.07, 6.45) is 1.87.